The fourth-order valence-corrected chi connectivity index (χ4v) is 1.49. The van der Waals surface area contributed by atoms with E-state index in [1.165, 1.54) is 0 Å². The first-order chi connectivity index (χ1) is 11.2. The molecule has 0 aromatic carbocycles. The van der Waals surface area contributed by atoms with Gasteiger partial charge >= 0.3 is 11.9 Å². The minimum absolute atomic E-state index is 0.0484. The van der Waals surface area contributed by atoms with Gasteiger partial charge in [-0.15, -0.1) is 0 Å². The SMILES string of the molecule is O=C(CCC(=O)OCCNC(=O)C(Cl)Cl)OCCNC(=O)C(Cl)Cl. The van der Waals surface area contributed by atoms with Crippen LogP contribution in [0.2, 0.25) is 0 Å². The van der Waals surface area contributed by atoms with Crippen molar-refractivity contribution in [1.29, 1.82) is 0 Å². The van der Waals surface area contributed by atoms with Crippen LogP contribution in [0.3, 0.4) is 0 Å². The van der Waals surface area contributed by atoms with Crippen LogP contribution in [0.25, 0.3) is 0 Å². The molecule has 24 heavy (non-hydrogen) atoms. The molecule has 0 aromatic rings. The predicted octanol–water partition coefficient (Wildman–Crippen LogP) is 0.693. The molecule has 0 rings (SSSR count). The predicted molar refractivity (Wildman–Crippen MR) is 88.2 cm³/mol. The monoisotopic (exact) mass is 424 g/mol. The van der Waals surface area contributed by atoms with Gasteiger partial charge in [0.15, 0.2) is 9.67 Å². The molecule has 0 spiro atoms. The van der Waals surface area contributed by atoms with Crippen molar-refractivity contribution >= 4 is 70.2 Å². The number of carbonyl (C=O) groups excluding carboxylic acids is 4. The quantitative estimate of drug-likeness (QED) is 0.286. The average Bonchev–Trinajstić information content (AvgIpc) is 2.52. The summed E-state index contributed by atoms with van der Waals surface area (Å²) >= 11 is 21.2. The van der Waals surface area contributed by atoms with Gasteiger partial charge in [0.05, 0.1) is 25.9 Å². The molecule has 0 unspecified atom stereocenters. The highest BCUT2D eigenvalue weighted by molar-refractivity contribution is 6.53. The first-order valence-electron chi connectivity index (χ1n) is 6.67. The number of alkyl halides is 4. The summed E-state index contributed by atoms with van der Waals surface area (Å²) in [6, 6.07) is 0. The Kier molecular flexibility index (Phi) is 12.8. The lowest BCUT2D eigenvalue weighted by molar-refractivity contribution is -0.150. The first-order valence-corrected chi connectivity index (χ1v) is 8.41. The fourth-order valence-electron chi connectivity index (χ4n) is 1.18. The molecule has 2 amide bonds. The topological polar surface area (TPSA) is 111 Å². The van der Waals surface area contributed by atoms with Gasteiger partial charge in [0.2, 0.25) is 0 Å². The summed E-state index contributed by atoms with van der Waals surface area (Å²) < 4.78 is 9.54. The van der Waals surface area contributed by atoms with Gasteiger partial charge in [0.25, 0.3) is 11.8 Å². The molecule has 0 saturated heterocycles. The Balaban J connectivity index is 3.63. The lowest BCUT2D eigenvalue weighted by Crippen LogP contribution is -2.32. The Morgan fingerprint density at radius 3 is 1.33 bits per heavy atom. The second kappa shape index (κ2) is 13.3. The van der Waals surface area contributed by atoms with E-state index in [1.54, 1.807) is 0 Å². The van der Waals surface area contributed by atoms with E-state index in [0.717, 1.165) is 0 Å². The Labute approximate surface area is 158 Å². The van der Waals surface area contributed by atoms with Gasteiger partial charge in [0, 0.05) is 0 Å². The molecule has 0 aliphatic rings. The van der Waals surface area contributed by atoms with Crippen molar-refractivity contribution in [3.8, 4) is 0 Å². The van der Waals surface area contributed by atoms with E-state index in [9.17, 15) is 19.2 Å². The number of halogens is 4. The van der Waals surface area contributed by atoms with Crippen LogP contribution in [-0.4, -0.2) is 59.7 Å². The smallest absolute Gasteiger partial charge is 0.306 e. The lowest BCUT2D eigenvalue weighted by Gasteiger charge is -2.08. The van der Waals surface area contributed by atoms with Crippen molar-refractivity contribution in [2.24, 2.45) is 0 Å². The molecule has 0 radical (unpaired) electrons. The molecule has 0 saturated carbocycles. The van der Waals surface area contributed by atoms with Crippen LogP contribution in [0.4, 0.5) is 0 Å². The maximum atomic E-state index is 11.3. The number of carbonyl (C=O) groups is 4. The second-order valence-electron chi connectivity index (χ2n) is 4.12. The van der Waals surface area contributed by atoms with Crippen molar-refractivity contribution < 1.29 is 28.7 Å². The highest BCUT2D eigenvalue weighted by atomic mass is 35.5. The molecule has 0 heterocycles. The molecule has 0 aliphatic carbocycles. The number of hydrogen-bond acceptors (Lipinski definition) is 6. The summed E-state index contributed by atoms with van der Waals surface area (Å²) in [4.78, 5) is 42.3. The van der Waals surface area contributed by atoms with E-state index in [-0.39, 0.29) is 39.1 Å². The molecular weight excluding hydrogens is 410 g/mol. The van der Waals surface area contributed by atoms with Gasteiger partial charge in [0.1, 0.15) is 13.2 Å². The third-order valence-corrected chi connectivity index (χ3v) is 3.05. The van der Waals surface area contributed by atoms with Crippen molar-refractivity contribution in [1.82, 2.24) is 10.6 Å². The molecule has 2 N–H and O–H groups in total. The number of ether oxygens (including phenoxy) is 2. The minimum Gasteiger partial charge on any atom is -0.464 e. The normalized spacial score (nSPS) is 10.4. The van der Waals surface area contributed by atoms with Gasteiger partial charge in [-0.1, -0.05) is 46.4 Å². The third-order valence-electron chi connectivity index (χ3n) is 2.26. The van der Waals surface area contributed by atoms with Gasteiger partial charge in [-0.25, -0.2) is 0 Å². The zero-order valence-electron chi connectivity index (χ0n) is 12.4. The van der Waals surface area contributed by atoms with E-state index >= 15 is 0 Å². The van der Waals surface area contributed by atoms with Crippen LogP contribution >= 0.6 is 46.4 Å². The second-order valence-corrected chi connectivity index (χ2v) is 6.32. The largest absolute Gasteiger partial charge is 0.464 e. The zero-order chi connectivity index (χ0) is 18.5. The average molecular weight is 426 g/mol. The first kappa shape index (κ1) is 23.0. The third kappa shape index (κ3) is 12.5. The van der Waals surface area contributed by atoms with Crippen molar-refractivity contribution in [3.05, 3.63) is 0 Å². The van der Waals surface area contributed by atoms with Gasteiger partial charge in [-0.2, -0.15) is 0 Å². The summed E-state index contributed by atoms with van der Waals surface area (Å²) in [6.45, 7) is -0.0616. The van der Waals surface area contributed by atoms with Gasteiger partial charge in [-0.3, -0.25) is 19.2 Å². The van der Waals surface area contributed by atoms with Crippen molar-refractivity contribution in [3.63, 3.8) is 0 Å². The maximum absolute atomic E-state index is 11.3. The zero-order valence-corrected chi connectivity index (χ0v) is 15.4. The van der Waals surface area contributed by atoms with Crippen molar-refractivity contribution in [2.45, 2.75) is 22.5 Å². The fraction of sp³-hybridized carbons (Fsp3) is 0.667. The van der Waals surface area contributed by atoms with E-state index < -0.39 is 33.4 Å². The molecule has 0 aliphatic heterocycles. The van der Waals surface area contributed by atoms with Crippen LogP contribution in [0.15, 0.2) is 0 Å². The molecule has 12 heteroatoms. The standard InChI is InChI=1S/C12H16Cl4N2O6/c13-9(14)11(21)17-3-5-23-7(19)1-2-8(20)24-6-4-18-12(22)10(15)16/h9-10H,1-6H2,(H,17,21)(H,18,22). The highest BCUT2D eigenvalue weighted by Gasteiger charge is 2.13. The van der Waals surface area contributed by atoms with Gasteiger partial charge < -0.3 is 20.1 Å². The number of esters is 2. The molecule has 0 bridgehead atoms. The lowest BCUT2D eigenvalue weighted by atomic mass is 10.3. The summed E-state index contributed by atoms with van der Waals surface area (Å²) in [5.74, 6) is -2.45. The summed E-state index contributed by atoms with van der Waals surface area (Å²) in [7, 11) is 0. The highest BCUT2D eigenvalue weighted by Crippen LogP contribution is 2.01. The molecule has 0 fully saturated rings. The number of rotatable bonds is 11. The minimum atomic E-state index is -1.19. The summed E-state index contributed by atoms with van der Waals surface area (Å²) in [5, 5.41) is 4.66. The van der Waals surface area contributed by atoms with Crippen LogP contribution in [0.5, 0.6) is 0 Å². The molecule has 0 aromatic heterocycles. The van der Waals surface area contributed by atoms with Crippen LogP contribution in [0.1, 0.15) is 12.8 Å². The molecular formula is C12H16Cl4N2O6. The number of nitrogens with one attached hydrogen (secondary N) is 2. The Hall–Kier alpha value is -0.960. The van der Waals surface area contributed by atoms with Crippen LogP contribution in [-0.2, 0) is 28.7 Å². The Morgan fingerprint density at radius 2 is 1.04 bits per heavy atom. The molecule has 138 valence electrons. The van der Waals surface area contributed by atoms with Crippen molar-refractivity contribution in [2.75, 3.05) is 26.3 Å². The summed E-state index contributed by atoms with van der Waals surface area (Å²) in [6.07, 6.45) is -0.365. The summed E-state index contributed by atoms with van der Waals surface area (Å²) in [5.41, 5.74) is 0. The number of amides is 2. The van der Waals surface area contributed by atoms with E-state index in [1.807, 2.05) is 0 Å². The van der Waals surface area contributed by atoms with Crippen LogP contribution in [0, 0.1) is 0 Å². The van der Waals surface area contributed by atoms with Crippen LogP contribution < -0.4 is 10.6 Å². The molecule has 8 nitrogen and oxygen atoms in total. The van der Waals surface area contributed by atoms with Gasteiger partial charge in [-0.05, 0) is 0 Å². The van der Waals surface area contributed by atoms with E-state index in [2.05, 4.69) is 10.6 Å². The Morgan fingerprint density at radius 1 is 0.708 bits per heavy atom. The van der Waals surface area contributed by atoms with E-state index in [0.29, 0.717) is 0 Å². The molecule has 0 atom stereocenters. The Bertz CT molecular complexity index is 407. The van der Waals surface area contributed by atoms with E-state index in [4.69, 9.17) is 55.9 Å². The number of hydrogen-bond donors (Lipinski definition) is 2. The maximum Gasteiger partial charge on any atom is 0.306 e.